The third-order valence-electron chi connectivity index (χ3n) is 0.510. The molecule has 0 rings (SSSR count). The minimum absolute atomic E-state index is 0.375. The molecule has 0 unspecified atom stereocenters. The Hall–Kier alpha value is 0.660. The molecule has 0 fully saturated rings. The summed E-state index contributed by atoms with van der Waals surface area (Å²) in [4.78, 5) is 0. The Morgan fingerprint density at radius 2 is 1.89 bits per heavy atom. The highest BCUT2D eigenvalue weighted by atomic mass is 33.1. The molecule has 0 aliphatic heterocycles. The Kier molecular flexibility index (Phi) is 4.80. The summed E-state index contributed by atoms with van der Waals surface area (Å²) in [5.74, 6) is 1.06. The molecule has 0 saturated carbocycles. The van der Waals surface area contributed by atoms with Crippen molar-refractivity contribution in [1.29, 1.82) is 0 Å². The molecule has 0 aromatic rings. The van der Waals surface area contributed by atoms with Crippen LogP contribution in [-0.4, -0.2) is 17.0 Å². The van der Waals surface area contributed by atoms with Crippen LogP contribution in [0.25, 0.3) is 0 Å². The maximum atomic E-state index is 5.32. The quantitative estimate of drug-likeness (QED) is 0.512. The lowest BCUT2D eigenvalue weighted by Gasteiger charge is -2.15. The van der Waals surface area contributed by atoms with Crippen LogP contribution in [0.15, 0.2) is 0 Å². The summed E-state index contributed by atoms with van der Waals surface area (Å²) in [5.41, 5.74) is 5.32. The Morgan fingerprint density at radius 1 is 1.33 bits per heavy atom. The van der Waals surface area contributed by atoms with Gasteiger partial charge in [-0.3, -0.25) is 0 Å². The molecular formula is C6H15NS2. The molecule has 0 aliphatic rings. The van der Waals surface area contributed by atoms with Crippen molar-refractivity contribution >= 4 is 21.6 Å². The summed E-state index contributed by atoms with van der Waals surface area (Å²) >= 11 is 0. The number of hydrogen-bond acceptors (Lipinski definition) is 3. The summed E-state index contributed by atoms with van der Waals surface area (Å²) in [7, 11) is 3.75. The van der Waals surface area contributed by atoms with Gasteiger partial charge in [0.05, 0.1) is 0 Å². The van der Waals surface area contributed by atoms with Crippen LogP contribution >= 0.6 is 21.6 Å². The van der Waals surface area contributed by atoms with Gasteiger partial charge in [0.15, 0.2) is 0 Å². The zero-order valence-electron chi connectivity index (χ0n) is 6.31. The zero-order valence-corrected chi connectivity index (χ0v) is 7.94. The van der Waals surface area contributed by atoms with Crippen molar-refractivity contribution < 1.29 is 0 Å². The first kappa shape index (κ1) is 9.66. The molecule has 0 spiro atoms. The maximum Gasteiger partial charge on any atom is 0.0179 e. The SMILES string of the molecule is CC(C)(C)SSCCN. The lowest BCUT2D eigenvalue weighted by atomic mass is 10.3. The largest absolute Gasteiger partial charge is 0.330 e. The van der Waals surface area contributed by atoms with E-state index < -0.39 is 0 Å². The molecule has 0 amide bonds. The van der Waals surface area contributed by atoms with E-state index in [1.165, 1.54) is 0 Å². The van der Waals surface area contributed by atoms with Crippen LogP contribution in [0.4, 0.5) is 0 Å². The smallest absolute Gasteiger partial charge is 0.0179 e. The Morgan fingerprint density at radius 3 is 2.22 bits per heavy atom. The molecule has 0 saturated heterocycles. The van der Waals surface area contributed by atoms with Crippen molar-refractivity contribution in [2.75, 3.05) is 12.3 Å². The molecule has 0 aliphatic carbocycles. The molecule has 0 aromatic heterocycles. The summed E-state index contributed by atoms with van der Waals surface area (Å²) in [6, 6.07) is 0. The van der Waals surface area contributed by atoms with E-state index >= 15 is 0 Å². The molecule has 0 heterocycles. The van der Waals surface area contributed by atoms with Gasteiger partial charge in [0.1, 0.15) is 0 Å². The minimum Gasteiger partial charge on any atom is -0.330 e. The summed E-state index contributed by atoms with van der Waals surface area (Å²) < 4.78 is 0.375. The van der Waals surface area contributed by atoms with E-state index in [1.807, 2.05) is 21.6 Å². The van der Waals surface area contributed by atoms with Crippen LogP contribution in [0.3, 0.4) is 0 Å². The fraction of sp³-hybridized carbons (Fsp3) is 1.00. The fourth-order valence-corrected chi connectivity index (χ4v) is 2.40. The molecule has 2 N–H and O–H groups in total. The summed E-state index contributed by atoms with van der Waals surface area (Å²) in [5, 5.41) is 0. The average molecular weight is 165 g/mol. The minimum atomic E-state index is 0.375. The van der Waals surface area contributed by atoms with Crippen LogP contribution in [0.1, 0.15) is 20.8 Å². The van der Waals surface area contributed by atoms with E-state index in [-0.39, 0.29) is 0 Å². The molecule has 0 radical (unpaired) electrons. The van der Waals surface area contributed by atoms with E-state index in [1.54, 1.807) is 0 Å². The van der Waals surface area contributed by atoms with Crippen molar-refractivity contribution in [3.05, 3.63) is 0 Å². The monoisotopic (exact) mass is 165 g/mol. The van der Waals surface area contributed by atoms with Crippen molar-refractivity contribution in [1.82, 2.24) is 0 Å². The third kappa shape index (κ3) is 8.66. The van der Waals surface area contributed by atoms with Gasteiger partial charge < -0.3 is 5.73 Å². The van der Waals surface area contributed by atoms with Crippen molar-refractivity contribution in [3.8, 4) is 0 Å². The van der Waals surface area contributed by atoms with Crippen LogP contribution in [0.2, 0.25) is 0 Å². The predicted octanol–water partition coefficient (Wildman–Crippen LogP) is 2.12. The van der Waals surface area contributed by atoms with Gasteiger partial charge in [0.2, 0.25) is 0 Å². The van der Waals surface area contributed by atoms with Gasteiger partial charge in [-0.05, 0) is 0 Å². The number of hydrogen-bond donors (Lipinski definition) is 1. The second-order valence-corrected chi connectivity index (χ2v) is 6.05. The first-order valence-corrected chi connectivity index (χ1v) is 5.39. The molecule has 3 heteroatoms. The molecule has 0 atom stereocenters. The van der Waals surface area contributed by atoms with E-state index in [0.717, 1.165) is 12.3 Å². The van der Waals surface area contributed by atoms with Gasteiger partial charge in [-0.2, -0.15) is 0 Å². The van der Waals surface area contributed by atoms with Gasteiger partial charge in [0.25, 0.3) is 0 Å². The van der Waals surface area contributed by atoms with E-state index in [9.17, 15) is 0 Å². The first-order chi connectivity index (χ1) is 4.06. The average Bonchev–Trinajstić information content (AvgIpc) is 1.63. The lowest BCUT2D eigenvalue weighted by Crippen LogP contribution is -2.06. The van der Waals surface area contributed by atoms with E-state index in [4.69, 9.17) is 5.73 Å². The Bertz CT molecular complexity index is 67.9. The first-order valence-electron chi connectivity index (χ1n) is 3.07. The highest BCUT2D eigenvalue weighted by molar-refractivity contribution is 8.77. The normalized spacial score (nSPS) is 12.0. The van der Waals surface area contributed by atoms with Gasteiger partial charge >= 0.3 is 0 Å². The highest BCUT2D eigenvalue weighted by Crippen LogP contribution is 2.34. The van der Waals surface area contributed by atoms with Gasteiger partial charge in [-0.1, -0.05) is 42.4 Å². The number of nitrogens with two attached hydrogens (primary N) is 1. The van der Waals surface area contributed by atoms with Crippen LogP contribution in [-0.2, 0) is 0 Å². The maximum absolute atomic E-state index is 5.32. The topological polar surface area (TPSA) is 26.0 Å². The molecule has 0 aromatic carbocycles. The van der Waals surface area contributed by atoms with Crippen molar-refractivity contribution in [3.63, 3.8) is 0 Å². The highest BCUT2D eigenvalue weighted by Gasteiger charge is 2.09. The molecule has 1 nitrogen and oxygen atoms in total. The standard InChI is InChI=1S/C6H15NS2/c1-6(2,3)9-8-5-4-7/h4-5,7H2,1-3H3. The van der Waals surface area contributed by atoms with Crippen LogP contribution in [0.5, 0.6) is 0 Å². The van der Waals surface area contributed by atoms with Gasteiger partial charge in [0, 0.05) is 17.0 Å². The molecule has 0 bridgehead atoms. The van der Waals surface area contributed by atoms with Crippen molar-refractivity contribution in [2.24, 2.45) is 5.73 Å². The Balaban J connectivity index is 3.07. The molecular weight excluding hydrogens is 150 g/mol. The van der Waals surface area contributed by atoms with Crippen molar-refractivity contribution in [2.45, 2.75) is 25.5 Å². The summed E-state index contributed by atoms with van der Waals surface area (Å²) in [6.45, 7) is 7.41. The van der Waals surface area contributed by atoms with E-state index in [0.29, 0.717) is 4.75 Å². The van der Waals surface area contributed by atoms with Gasteiger partial charge in [-0.25, -0.2) is 0 Å². The number of rotatable bonds is 3. The van der Waals surface area contributed by atoms with Crippen LogP contribution in [0, 0.1) is 0 Å². The molecule has 9 heavy (non-hydrogen) atoms. The second-order valence-electron chi connectivity index (χ2n) is 2.81. The third-order valence-corrected chi connectivity index (χ3v) is 3.88. The molecule has 56 valence electrons. The second kappa shape index (κ2) is 4.47. The van der Waals surface area contributed by atoms with E-state index in [2.05, 4.69) is 20.8 Å². The lowest BCUT2D eigenvalue weighted by molar-refractivity contribution is 0.810. The fourth-order valence-electron chi connectivity index (χ4n) is 0.267. The predicted molar refractivity (Wildman–Crippen MR) is 48.9 cm³/mol. The van der Waals surface area contributed by atoms with Crippen LogP contribution < -0.4 is 5.73 Å². The van der Waals surface area contributed by atoms with Gasteiger partial charge in [-0.15, -0.1) is 0 Å². The Labute approximate surface area is 65.6 Å². The summed E-state index contributed by atoms with van der Waals surface area (Å²) in [6.07, 6.45) is 0. The zero-order chi connectivity index (χ0) is 7.33.